The van der Waals surface area contributed by atoms with Crippen molar-refractivity contribution in [2.75, 3.05) is 28.4 Å². The smallest absolute Gasteiger partial charge is 0.161 e. The normalized spacial score (nSPS) is 11.0. The van der Waals surface area contributed by atoms with Crippen LogP contribution >= 0.6 is 0 Å². The molecule has 1 aromatic heterocycles. The predicted octanol–water partition coefficient (Wildman–Crippen LogP) is 4.27. The van der Waals surface area contributed by atoms with Crippen molar-refractivity contribution >= 4 is 21.5 Å². The number of fused-ring (bicyclic) bond motifs is 3. The van der Waals surface area contributed by atoms with Crippen LogP contribution in [0.4, 0.5) is 0 Å². The molecule has 0 amide bonds. The molecule has 0 aliphatic rings. The van der Waals surface area contributed by atoms with Gasteiger partial charge in [0.05, 0.1) is 34.8 Å². The third-order valence-electron chi connectivity index (χ3n) is 4.96. The minimum atomic E-state index is 0.686. The number of methoxy groups -OCH3 is 4. The van der Waals surface area contributed by atoms with E-state index >= 15 is 0 Å². The molecule has 0 atom stereocenters. The van der Waals surface area contributed by atoms with Crippen molar-refractivity contribution in [3.63, 3.8) is 0 Å². The Kier molecular flexibility index (Phi) is 4.69. The summed E-state index contributed by atoms with van der Waals surface area (Å²) < 4.78 is 24.1. The van der Waals surface area contributed by atoms with Gasteiger partial charge in [0, 0.05) is 18.9 Å². The van der Waals surface area contributed by atoms with Gasteiger partial charge in [0.2, 0.25) is 0 Å². The minimum absolute atomic E-state index is 0.686. The number of hydrogen-bond donors (Lipinski definition) is 0. The summed E-state index contributed by atoms with van der Waals surface area (Å²) in [5.41, 5.74) is 1.15. The number of aromatic nitrogens is 2. The lowest BCUT2D eigenvalue weighted by atomic mass is 9.96. The Morgan fingerprint density at radius 2 is 1.29 bits per heavy atom. The van der Waals surface area contributed by atoms with E-state index in [1.807, 2.05) is 41.4 Å². The molecular weight excluding hydrogens is 356 g/mol. The van der Waals surface area contributed by atoms with Crippen LogP contribution in [-0.4, -0.2) is 38.0 Å². The largest absolute Gasteiger partial charge is 0.493 e. The number of ether oxygens (including phenoxy) is 4. The predicted molar refractivity (Wildman–Crippen MR) is 109 cm³/mol. The van der Waals surface area contributed by atoms with Crippen molar-refractivity contribution in [1.82, 2.24) is 9.55 Å². The minimum Gasteiger partial charge on any atom is -0.493 e. The van der Waals surface area contributed by atoms with Crippen molar-refractivity contribution in [3.05, 3.63) is 54.6 Å². The molecule has 0 radical (unpaired) electrons. The zero-order valence-corrected chi connectivity index (χ0v) is 16.4. The second-order valence-electron chi connectivity index (χ2n) is 6.45. The van der Waals surface area contributed by atoms with Crippen LogP contribution in [0.25, 0.3) is 21.5 Å². The topological polar surface area (TPSA) is 54.7 Å². The van der Waals surface area contributed by atoms with Crippen LogP contribution in [0.5, 0.6) is 23.0 Å². The van der Waals surface area contributed by atoms with Gasteiger partial charge in [-0.15, -0.1) is 0 Å². The van der Waals surface area contributed by atoms with E-state index in [1.54, 1.807) is 34.6 Å². The van der Waals surface area contributed by atoms with Crippen LogP contribution in [0.1, 0.15) is 5.56 Å². The molecule has 0 bridgehead atoms. The Labute approximate surface area is 163 Å². The number of imidazole rings is 1. The van der Waals surface area contributed by atoms with E-state index in [-0.39, 0.29) is 0 Å². The van der Waals surface area contributed by atoms with Crippen LogP contribution in [-0.2, 0) is 6.54 Å². The van der Waals surface area contributed by atoms with Crippen LogP contribution < -0.4 is 18.9 Å². The maximum Gasteiger partial charge on any atom is 0.161 e. The molecule has 0 N–H and O–H groups in total. The maximum atomic E-state index is 5.54. The van der Waals surface area contributed by atoms with Crippen molar-refractivity contribution in [2.24, 2.45) is 0 Å². The molecule has 0 aliphatic carbocycles. The molecule has 0 saturated heterocycles. The summed E-state index contributed by atoms with van der Waals surface area (Å²) >= 11 is 0. The zero-order valence-electron chi connectivity index (χ0n) is 16.4. The summed E-state index contributed by atoms with van der Waals surface area (Å²) in [4.78, 5) is 4.15. The highest BCUT2D eigenvalue weighted by Crippen LogP contribution is 2.41. The SMILES string of the molecule is COc1cc2cc(Cn3ccnc3)c3cc(OC)c(OC)cc3c2cc1OC. The van der Waals surface area contributed by atoms with Gasteiger partial charge in [-0.1, -0.05) is 0 Å². The molecule has 144 valence electrons. The summed E-state index contributed by atoms with van der Waals surface area (Å²) in [6.07, 6.45) is 5.54. The van der Waals surface area contributed by atoms with E-state index in [0.29, 0.717) is 29.5 Å². The van der Waals surface area contributed by atoms with Crippen LogP contribution in [0.2, 0.25) is 0 Å². The van der Waals surface area contributed by atoms with Crippen molar-refractivity contribution in [3.8, 4) is 23.0 Å². The standard InChI is InChI=1S/C22H22N2O4/c1-25-19-8-14-7-15(12-24-6-5-23-13-24)17-10-21(27-3)22(28-4)11-18(17)16(14)9-20(19)26-2/h5-11,13H,12H2,1-4H3. The van der Waals surface area contributed by atoms with E-state index in [2.05, 4.69) is 11.1 Å². The van der Waals surface area contributed by atoms with Crippen molar-refractivity contribution < 1.29 is 18.9 Å². The molecule has 0 spiro atoms. The summed E-state index contributed by atoms with van der Waals surface area (Å²) in [6, 6.07) is 10.2. The lowest BCUT2D eigenvalue weighted by Crippen LogP contribution is -2.00. The Balaban J connectivity index is 2.07. The van der Waals surface area contributed by atoms with E-state index in [1.165, 1.54) is 0 Å². The van der Waals surface area contributed by atoms with E-state index in [0.717, 1.165) is 27.1 Å². The summed E-state index contributed by atoms with van der Waals surface area (Å²) in [7, 11) is 6.58. The molecule has 6 heteroatoms. The summed E-state index contributed by atoms with van der Waals surface area (Å²) in [5.74, 6) is 2.77. The summed E-state index contributed by atoms with van der Waals surface area (Å²) in [6.45, 7) is 0.691. The Morgan fingerprint density at radius 3 is 1.86 bits per heavy atom. The lowest BCUT2D eigenvalue weighted by Gasteiger charge is -2.16. The van der Waals surface area contributed by atoms with Gasteiger partial charge in [0.1, 0.15) is 0 Å². The van der Waals surface area contributed by atoms with Crippen LogP contribution in [0.15, 0.2) is 49.1 Å². The second kappa shape index (κ2) is 7.31. The Morgan fingerprint density at radius 1 is 0.714 bits per heavy atom. The first-order valence-corrected chi connectivity index (χ1v) is 8.87. The molecule has 0 aliphatic heterocycles. The highest BCUT2D eigenvalue weighted by atomic mass is 16.5. The first-order valence-electron chi connectivity index (χ1n) is 8.87. The zero-order chi connectivity index (χ0) is 19.7. The van der Waals surface area contributed by atoms with Crippen molar-refractivity contribution in [2.45, 2.75) is 6.54 Å². The number of rotatable bonds is 6. The maximum absolute atomic E-state index is 5.54. The molecule has 0 fully saturated rings. The van der Waals surface area contributed by atoms with Gasteiger partial charge in [0.25, 0.3) is 0 Å². The van der Waals surface area contributed by atoms with E-state index in [9.17, 15) is 0 Å². The molecular formula is C22H22N2O4. The molecule has 0 unspecified atom stereocenters. The molecule has 4 aromatic rings. The monoisotopic (exact) mass is 378 g/mol. The second-order valence-corrected chi connectivity index (χ2v) is 6.45. The third-order valence-corrected chi connectivity index (χ3v) is 4.96. The van der Waals surface area contributed by atoms with Crippen LogP contribution in [0.3, 0.4) is 0 Å². The molecule has 1 heterocycles. The van der Waals surface area contributed by atoms with Gasteiger partial charge < -0.3 is 23.5 Å². The fourth-order valence-corrected chi connectivity index (χ4v) is 3.59. The lowest BCUT2D eigenvalue weighted by molar-refractivity contribution is 0.355. The van der Waals surface area contributed by atoms with Gasteiger partial charge >= 0.3 is 0 Å². The summed E-state index contributed by atoms with van der Waals surface area (Å²) in [5, 5.41) is 4.27. The van der Waals surface area contributed by atoms with E-state index in [4.69, 9.17) is 18.9 Å². The Hall–Kier alpha value is -3.41. The average molecular weight is 378 g/mol. The van der Waals surface area contributed by atoms with E-state index < -0.39 is 0 Å². The third kappa shape index (κ3) is 2.97. The number of benzene rings is 3. The van der Waals surface area contributed by atoms with Gasteiger partial charge in [-0.25, -0.2) is 4.98 Å². The highest BCUT2D eigenvalue weighted by molar-refractivity contribution is 6.11. The van der Waals surface area contributed by atoms with Gasteiger partial charge in [-0.2, -0.15) is 0 Å². The number of hydrogen-bond acceptors (Lipinski definition) is 5. The Bertz CT molecular complexity index is 1140. The first-order chi connectivity index (χ1) is 13.7. The molecule has 6 nitrogen and oxygen atoms in total. The first kappa shape index (κ1) is 18.0. The molecule has 0 saturated carbocycles. The molecule has 28 heavy (non-hydrogen) atoms. The van der Waals surface area contributed by atoms with Crippen LogP contribution in [0, 0.1) is 0 Å². The van der Waals surface area contributed by atoms with Gasteiger partial charge in [-0.3, -0.25) is 0 Å². The average Bonchev–Trinajstić information content (AvgIpc) is 3.24. The highest BCUT2D eigenvalue weighted by Gasteiger charge is 2.15. The fourth-order valence-electron chi connectivity index (χ4n) is 3.59. The number of nitrogens with zero attached hydrogens (tertiary/aromatic N) is 2. The molecule has 4 rings (SSSR count). The molecule has 3 aromatic carbocycles. The van der Waals surface area contributed by atoms with Gasteiger partial charge in [0.15, 0.2) is 23.0 Å². The fraction of sp³-hybridized carbons (Fsp3) is 0.227. The van der Waals surface area contributed by atoms with Gasteiger partial charge in [-0.05, 0) is 57.4 Å². The quantitative estimate of drug-likeness (QED) is 0.469. The van der Waals surface area contributed by atoms with Crippen molar-refractivity contribution in [1.29, 1.82) is 0 Å².